The van der Waals surface area contributed by atoms with Crippen molar-refractivity contribution < 1.29 is 8.42 Å². The van der Waals surface area contributed by atoms with Crippen LogP contribution in [0.1, 0.15) is 29.7 Å². The third-order valence-electron chi connectivity index (χ3n) is 5.31. The number of piperazine rings is 1. The van der Waals surface area contributed by atoms with Gasteiger partial charge in [-0.3, -0.25) is 0 Å². The molecule has 146 valence electrons. The normalized spacial score (nSPS) is 17.6. The Morgan fingerprint density at radius 3 is 2.41 bits per heavy atom. The van der Waals surface area contributed by atoms with E-state index in [1.54, 1.807) is 12.1 Å². The molecule has 2 aromatic rings. The lowest BCUT2D eigenvalue weighted by atomic mass is 9.98. The molecule has 0 bridgehead atoms. The summed E-state index contributed by atoms with van der Waals surface area (Å²) in [5.74, 6) is 0.667. The maximum Gasteiger partial charge on any atom is 0.244 e. The summed E-state index contributed by atoms with van der Waals surface area (Å²) < 4.78 is 27.1. The fourth-order valence-corrected chi connectivity index (χ4v) is 4.71. The van der Waals surface area contributed by atoms with Gasteiger partial charge in [0.05, 0.1) is 6.04 Å². The van der Waals surface area contributed by atoms with Crippen molar-refractivity contribution >= 4 is 15.8 Å². The topological polar surface area (TPSA) is 65.5 Å². The molecule has 0 amide bonds. The number of pyridine rings is 1. The molecule has 1 atom stereocenters. The lowest BCUT2D eigenvalue weighted by molar-refractivity contribution is 0.222. The van der Waals surface area contributed by atoms with Gasteiger partial charge in [0, 0.05) is 32.4 Å². The third-order valence-corrected chi connectivity index (χ3v) is 7.20. The molecule has 1 saturated heterocycles. The van der Waals surface area contributed by atoms with E-state index in [0.29, 0.717) is 18.9 Å². The van der Waals surface area contributed by atoms with Crippen LogP contribution < -0.4 is 5.32 Å². The van der Waals surface area contributed by atoms with Crippen LogP contribution in [0.4, 0.5) is 5.82 Å². The van der Waals surface area contributed by atoms with Crippen molar-refractivity contribution in [3.63, 3.8) is 0 Å². The van der Waals surface area contributed by atoms with Crippen LogP contribution in [0.25, 0.3) is 0 Å². The Labute approximate surface area is 162 Å². The van der Waals surface area contributed by atoms with E-state index in [9.17, 15) is 8.42 Å². The zero-order chi connectivity index (χ0) is 19.6. The van der Waals surface area contributed by atoms with Crippen molar-refractivity contribution in [1.29, 1.82) is 0 Å². The maximum atomic E-state index is 12.8. The number of hydrogen-bond acceptors (Lipinski definition) is 5. The summed E-state index contributed by atoms with van der Waals surface area (Å²) in [6.07, 6.45) is 1.45. The van der Waals surface area contributed by atoms with Crippen LogP contribution in [-0.2, 0) is 10.0 Å². The second-order valence-electron chi connectivity index (χ2n) is 7.24. The van der Waals surface area contributed by atoms with Gasteiger partial charge in [0.15, 0.2) is 0 Å². The number of sulfonamides is 1. The summed E-state index contributed by atoms with van der Waals surface area (Å²) in [5, 5.41) is 3.36. The Kier molecular flexibility index (Phi) is 5.83. The van der Waals surface area contributed by atoms with Gasteiger partial charge in [-0.05, 0) is 56.6 Å². The van der Waals surface area contributed by atoms with Gasteiger partial charge in [-0.1, -0.05) is 18.2 Å². The summed E-state index contributed by atoms with van der Waals surface area (Å²) in [4.78, 5) is 6.72. The second-order valence-corrected chi connectivity index (χ2v) is 9.18. The lowest BCUT2D eigenvalue weighted by Gasteiger charge is -2.31. The van der Waals surface area contributed by atoms with E-state index >= 15 is 0 Å². The van der Waals surface area contributed by atoms with Crippen molar-refractivity contribution in [2.45, 2.75) is 31.7 Å². The van der Waals surface area contributed by atoms with E-state index in [1.165, 1.54) is 27.2 Å². The van der Waals surface area contributed by atoms with E-state index in [2.05, 4.69) is 54.2 Å². The molecule has 1 aliphatic rings. The van der Waals surface area contributed by atoms with Gasteiger partial charge in [-0.25, -0.2) is 13.4 Å². The quantitative estimate of drug-likeness (QED) is 0.853. The van der Waals surface area contributed by atoms with E-state index in [0.717, 1.165) is 13.1 Å². The predicted octanol–water partition coefficient (Wildman–Crippen LogP) is 2.81. The van der Waals surface area contributed by atoms with E-state index in [1.807, 2.05) is 7.05 Å². The minimum atomic E-state index is -3.48. The smallest absolute Gasteiger partial charge is 0.244 e. The van der Waals surface area contributed by atoms with Gasteiger partial charge in [-0.15, -0.1) is 0 Å². The molecule has 1 aromatic carbocycles. The number of rotatable bonds is 5. The fourth-order valence-electron chi connectivity index (χ4n) is 3.34. The molecule has 27 heavy (non-hydrogen) atoms. The van der Waals surface area contributed by atoms with Crippen LogP contribution >= 0.6 is 0 Å². The lowest BCUT2D eigenvalue weighted by Crippen LogP contribution is -2.47. The van der Waals surface area contributed by atoms with E-state index in [-0.39, 0.29) is 10.9 Å². The van der Waals surface area contributed by atoms with Crippen molar-refractivity contribution in [2.24, 2.45) is 0 Å². The highest BCUT2D eigenvalue weighted by Crippen LogP contribution is 2.24. The number of hydrogen-bond donors (Lipinski definition) is 1. The molecule has 1 aromatic heterocycles. The molecule has 0 radical (unpaired) electrons. The number of nitrogens with one attached hydrogen (secondary N) is 1. The number of nitrogens with zero attached hydrogens (tertiary/aromatic N) is 3. The molecule has 3 rings (SSSR count). The Hall–Kier alpha value is -1.96. The molecule has 0 aliphatic carbocycles. The molecule has 6 nitrogen and oxygen atoms in total. The predicted molar refractivity (Wildman–Crippen MR) is 108 cm³/mol. The van der Waals surface area contributed by atoms with Crippen molar-refractivity contribution in [3.8, 4) is 0 Å². The first-order valence-corrected chi connectivity index (χ1v) is 10.7. The Balaban J connectivity index is 1.72. The second kappa shape index (κ2) is 7.96. The highest BCUT2D eigenvalue weighted by molar-refractivity contribution is 7.89. The number of aryl methyl sites for hydroxylation is 1. The minimum Gasteiger partial charge on any atom is -0.364 e. The average Bonchev–Trinajstić information content (AvgIpc) is 2.64. The number of likely N-dealkylation sites (N-methyl/N-ethyl adjacent to an activating group) is 1. The molecule has 2 heterocycles. The third kappa shape index (κ3) is 4.31. The van der Waals surface area contributed by atoms with Gasteiger partial charge in [-0.2, -0.15) is 4.31 Å². The zero-order valence-corrected chi connectivity index (χ0v) is 17.3. The Morgan fingerprint density at radius 1 is 1.07 bits per heavy atom. The van der Waals surface area contributed by atoms with Gasteiger partial charge < -0.3 is 10.2 Å². The number of aromatic nitrogens is 1. The highest BCUT2D eigenvalue weighted by Gasteiger charge is 2.27. The first-order valence-electron chi connectivity index (χ1n) is 9.26. The summed E-state index contributed by atoms with van der Waals surface area (Å²) in [6, 6.07) is 9.71. The molecule has 0 spiro atoms. The SMILES string of the molecule is Cc1cccc(C(C)Nc2ccc(S(=O)(=O)N3CCN(C)CC3)cn2)c1C. The van der Waals surface area contributed by atoms with Gasteiger partial charge in [0.25, 0.3) is 0 Å². The first-order chi connectivity index (χ1) is 12.8. The molecule has 7 heteroatoms. The monoisotopic (exact) mass is 388 g/mol. The largest absolute Gasteiger partial charge is 0.364 e. The number of benzene rings is 1. The van der Waals surface area contributed by atoms with E-state index in [4.69, 9.17) is 0 Å². The van der Waals surface area contributed by atoms with Crippen molar-refractivity contribution in [2.75, 3.05) is 38.5 Å². The van der Waals surface area contributed by atoms with Crippen LogP contribution in [0.5, 0.6) is 0 Å². The van der Waals surface area contributed by atoms with Crippen molar-refractivity contribution in [1.82, 2.24) is 14.2 Å². The molecule has 0 saturated carbocycles. The summed E-state index contributed by atoms with van der Waals surface area (Å²) in [5.41, 5.74) is 3.72. The Bertz CT molecular complexity index is 889. The van der Waals surface area contributed by atoms with Gasteiger partial charge in [0.2, 0.25) is 10.0 Å². The molecular weight excluding hydrogens is 360 g/mol. The Morgan fingerprint density at radius 2 is 1.78 bits per heavy atom. The highest BCUT2D eigenvalue weighted by atomic mass is 32.2. The van der Waals surface area contributed by atoms with E-state index < -0.39 is 10.0 Å². The summed E-state index contributed by atoms with van der Waals surface area (Å²) in [6.45, 7) is 8.83. The number of anilines is 1. The standard InChI is InChI=1S/C20H28N4O2S/c1-15-6-5-7-19(16(15)2)17(3)22-20-9-8-18(14-21-20)27(25,26)24-12-10-23(4)11-13-24/h5-9,14,17H,10-13H2,1-4H3,(H,21,22). The first kappa shape index (κ1) is 19.8. The van der Waals surface area contributed by atoms with Crippen molar-refractivity contribution in [3.05, 3.63) is 53.2 Å². The molecule has 1 N–H and O–H groups in total. The molecular formula is C20H28N4O2S. The van der Waals surface area contributed by atoms with Crippen LogP contribution in [0.15, 0.2) is 41.4 Å². The van der Waals surface area contributed by atoms with Gasteiger partial charge >= 0.3 is 0 Å². The molecule has 1 unspecified atom stereocenters. The summed E-state index contributed by atoms with van der Waals surface area (Å²) >= 11 is 0. The summed E-state index contributed by atoms with van der Waals surface area (Å²) in [7, 11) is -1.48. The van der Waals surface area contributed by atoms with Crippen LogP contribution in [0.3, 0.4) is 0 Å². The molecule has 1 fully saturated rings. The van der Waals surface area contributed by atoms with Crippen LogP contribution in [-0.4, -0.2) is 55.8 Å². The van der Waals surface area contributed by atoms with Gasteiger partial charge in [0.1, 0.15) is 10.7 Å². The minimum absolute atomic E-state index is 0.0810. The average molecular weight is 389 g/mol. The zero-order valence-electron chi connectivity index (χ0n) is 16.4. The maximum absolute atomic E-state index is 12.8. The molecule has 1 aliphatic heterocycles. The van der Waals surface area contributed by atoms with Crippen LogP contribution in [0, 0.1) is 13.8 Å². The van der Waals surface area contributed by atoms with Crippen LogP contribution in [0.2, 0.25) is 0 Å². The fraction of sp³-hybridized carbons (Fsp3) is 0.450.